The quantitative estimate of drug-likeness (QED) is 0.798. The van der Waals surface area contributed by atoms with Gasteiger partial charge < -0.3 is 5.32 Å². The van der Waals surface area contributed by atoms with Gasteiger partial charge in [-0.1, -0.05) is 24.3 Å². The Balaban J connectivity index is 1.84. The molecular formula is C15H13N5OS. The molecule has 1 aromatic carbocycles. The lowest BCUT2D eigenvalue weighted by Gasteiger charge is -2.05. The number of anilines is 1. The molecule has 0 radical (unpaired) electrons. The molecule has 0 spiro atoms. The van der Waals surface area contributed by atoms with Gasteiger partial charge in [-0.2, -0.15) is 14.9 Å². The summed E-state index contributed by atoms with van der Waals surface area (Å²) in [5, 5.41) is 17.2. The molecule has 6 nitrogen and oxygen atoms in total. The highest BCUT2D eigenvalue weighted by atomic mass is 32.1. The van der Waals surface area contributed by atoms with Gasteiger partial charge in [-0.3, -0.25) is 4.79 Å². The normalized spacial score (nSPS) is 10.5. The predicted molar refractivity (Wildman–Crippen MR) is 85.0 cm³/mol. The third-order valence-corrected chi connectivity index (χ3v) is 4.16. The zero-order valence-corrected chi connectivity index (χ0v) is 12.7. The second kappa shape index (κ2) is 5.95. The van der Waals surface area contributed by atoms with Gasteiger partial charge in [-0.15, -0.1) is 0 Å². The van der Waals surface area contributed by atoms with E-state index < -0.39 is 0 Å². The van der Waals surface area contributed by atoms with Crippen molar-refractivity contribution >= 4 is 22.0 Å². The van der Waals surface area contributed by atoms with Crippen molar-refractivity contribution in [2.75, 3.05) is 5.32 Å². The van der Waals surface area contributed by atoms with E-state index >= 15 is 0 Å². The van der Waals surface area contributed by atoms with Crippen molar-refractivity contribution in [3.8, 4) is 6.07 Å². The lowest BCUT2D eigenvalue weighted by molar-refractivity contribution is 0.846. The average molecular weight is 311 g/mol. The van der Waals surface area contributed by atoms with E-state index in [1.807, 2.05) is 19.1 Å². The molecule has 0 unspecified atom stereocenters. The Labute approximate surface area is 130 Å². The fourth-order valence-electron chi connectivity index (χ4n) is 2.02. The number of fused-ring (bicyclic) bond motifs is 1. The molecule has 0 bridgehead atoms. The number of nitrogens with zero attached hydrogens (tertiary/aromatic N) is 4. The van der Waals surface area contributed by atoms with E-state index in [0.29, 0.717) is 22.8 Å². The van der Waals surface area contributed by atoms with Crippen molar-refractivity contribution in [1.29, 1.82) is 5.26 Å². The fourth-order valence-corrected chi connectivity index (χ4v) is 2.88. The zero-order valence-electron chi connectivity index (χ0n) is 11.9. The van der Waals surface area contributed by atoms with Gasteiger partial charge in [-0.05, 0) is 24.6 Å². The molecule has 7 heteroatoms. The molecule has 0 fully saturated rings. The lowest BCUT2D eigenvalue weighted by atomic mass is 10.2. The number of nitriles is 1. The van der Waals surface area contributed by atoms with E-state index in [9.17, 15) is 4.79 Å². The van der Waals surface area contributed by atoms with Crippen LogP contribution in [0.3, 0.4) is 0 Å². The number of hydrogen-bond donors (Lipinski definition) is 1. The minimum atomic E-state index is -0.177. The van der Waals surface area contributed by atoms with E-state index in [4.69, 9.17) is 5.26 Å². The van der Waals surface area contributed by atoms with Gasteiger partial charge in [0.05, 0.1) is 23.9 Å². The van der Waals surface area contributed by atoms with E-state index in [1.165, 1.54) is 21.9 Å². The molecule has 0 aliphatic carbocycles. The first-order valence-electron chi connectivity index (χ1n) is 6.82. The Morgan fingerprint density at radius 3 is 3.05 bits per heavy atom. The van der Waals surface area contributed by atoms with E-state index in [-0.39, 0.29) is 5.56 Å². The highest BCUT2D eigenvalue weighted by Gasteiger charge is 2.08. The molecule has 110 valence electrons. The van der Waals surface area contributed by atoms with Crippen LogP contribution in [0.25, 0.3) is 4.96 Å². The van der Waals surface area contributed by atoms with Crippen molar-refractivity contribution in [3.63, 3.8) is 0 Å². The second-order valence-electron chi connectivity index (χ2n) is 4.68. The third-order valence-electron chi connectivity index (χ3n) is 3.11. The molecule has 2 aromatic heterocycles. The predicted octanol–water partition coefficient (Wildman–Crippen LogP) is 2.20. The van der Waals surface area contributed by atoms with Crippen LogP contribution in [-0.4, -0.2) is 14.6 Å². The summed E-state index contributed by atoms with van der Waals surface area (Å²) in [5.74, 6) is 0. The smallest absolute Gasteiger partial charge is 0.275 e. The van der Waals surface area contributed by atoms with Gasteiger partial charge in [0.2, 0.25) is 4.96 Å². The first-order valence-corrected chi connectivity index (χ1v) is 7.64. The molecule has 0 aliphatic heterocycles. The van der Waals surface area contributed by atoms with Crippen LogP contribution in [-0.2, 0) is 13.0 Å². The zero-order chi connectivity index (χ0) is 15.5. The summed E-state index contributed by atoms with van der Waals surface area (Å²) in [6.45, 7) is 2.41. The molecule has 22 heavy (non-hydrogen) atoms. The highest BCUT2D eigenvalue weighted by molar-refractivity contribution is 7.16. The maximum Gasteiger partial charge on any atom is 0.275 e. The molecular weight excluding hydrogens is 298 g/mol. The van der Waals surface area contributed by atoms with Crippen LogP contribution >= 0.6 is 11.3 Å². The summed E-state index contributed by atoms with van der Waals surface area (Å²) in [7, 11) is 0. The van der Waals surface area contributed by atoms with E-state index in [2.05, 4.69) is 21.5 Å². The molecule has 0 saturated carbocycles. The third kappa shape index (κ3) is 2.82. The van der Waals surface area contributed by atoms with Crippen molar-refractivity contribution < 1.29 is 0 Å². The molecule has 0 atom stereocenters. The topological polar surface area (TPSA) is 83.1 Å². The monoisotopic (exact) mass is 311 g/mol. The first kappa shape index (κ1) is 14.2. The average Bonchev–Trinajstić information content (AvgIpc) is 2.97. The fraction of sp³-hybridized carbons (Fsp3) is 0.200. The Hall–Kier alpha value is -2.72. The molecule has 0 aliphatic rings. The summed E-state index contributed by atoms with van der Waals surface area (Å²) in [6, 6.07) is 10.7. The van der Waals surface area contributed by atoms with Crippen LogP contribution in [0.5, 0.6) is 0 Å². The maximum atomic E-state index is 12.0. The lowest BCUT2D eigenvalue weighted by Crippen LogP contribution is -2.16. The van der Waals surface area contributed by atoms with Crippen LogP contribution in [0.4, 0.5) is 5.69 Å². The van der Waals surface area contributed by atoms with Gasteiger partial charge in [0.25, 0.3) is 5.56 Å². The van der Waals surface area contributed by atoms with Crippen LogP contribution in [0.15, 0.2) is 35.1 Å². The Kier molecular flexibility index (Phi) is 3.85. The molecule has 0 amide bonds. The first-order chi connectivity index (χ1) is 10.7. The van der Waals surface area contributed by atoms with Crippen LogP contribution < -0.4 is 10.9 Å². The maximum absolute atomic E-state index is 12.0. The molecule has 3 rings (SSSR count). The van der Waals surface area contributed by atoms with E-state index in [1.54, 1.807) is 12.1 Å². The number of aryl methyl sites for hydroxylation is 1. The minimum Gasteiger partial charge on any atom is -0.379 e. The van der Waals surface area contributed by atoms with Crippen LogP contribution in [0.1, 0.15) is 23.2 Å². The van der Waals surface area contributed by atoms with Crippen LogP contribution in [0, 0.1) is 11.3 Å². The minimum absolute atomic E-state index is 0.177. The Bertz CT molecular complexity index is 922. The van der Waals surface area contributed by atoms with Crippen molar-refractivity contribution in [1.82, 2.24) is 14.6 Å². The number of nitrogens with one attached hydrogen (secondary N) is 1. The van der Waals surface area contributed by atoms with Gasteiger partial charge >= 0.3 is 0 Å². The summed E-state index contributed by atoms with van der Waals surface area (Å²) in [5.41, 5.74) is 1.88. The SMILES string of the molecule is CCc1nn2c(=O)cc(CNc3cccc(C#N)c3)nc2s1. The van der Waals surface area contributed by atoms with E-state index in [0.717, 1.165) is 17.1 Å². The van der Waals surface area contributed by atoms with Gasteiger partial charge in [0.1, 0.15) is 5.01 Å². The van der Waals surface area contributed by atoms with Crippen molar-refractivity contribution in [2.45, 2.75) is 19.9 Å². The highest BCUT2D eigenvalue weighted by Crippen LogP contribution is 2.13. The Morgan fingerprint density at radius 2 is 2.27 bits per heavy atom. The largest absolute Gasteiger partial charge is 0.379 e. The van der Waals surface area contributed by atoms with Crippen molar-refractivity contribution in [3.05, 3.63) is 57.0 Å². The summed E-state index contributed by atoms with van der Waals surface area (Å²) in [4.78, 5) is 17.1. The van der Waals surface area contributed by atoms with Crippen molar-refractivity contribution in [2.24, 2.45) is 0 Å². The summed E-state index contributed by atoms with van der Waals surface area (Å²) >= 11 is 1.42. The standard InChI is InChI=1S/C15H13N5OS/c1-2-13-19-20-14(21)7-12(18-15(20)22-13)9-17-11-5-3-4-10(6-11)8-16/h3-7,17H,2,9H2,1H3. The van der Waals surface area contributed by atoms with Gasteiger partial charge in [-0.25, -0.2) is 4.98 Å². The molecule has 0 saturated heterocycles. The number of rotatable bonds is 4. The van der Waals surface area contributed by atoms with Crippen LogP contribution in [0.2, 0.25) is 0 Å². The number of benzene rings is 1. The Morgan fingerprint density at radius 1 is 1.41 bits per heavy atom. The number of aromatic nitrogens is 3. The second-order valence-corrected chi connectivity index (χ2v) is 5.72. The molecule has 1 N–H and O–H groups in total. The number of hydrogen-bond acceptors (Lipinski definition) is 6. The van der Waals surface area contributed by atoms with Gasteiger partial charge in [0.15, 0.2) is 0 Å². The summed E-state index contributed by atoms with van der Waals surface area (Å²) < 4.78 is 1.34. The molecule has 2 heterocycles. The van der Waals surface area contributed by atoms with Gasteiger partial charge in [0, 0.05) is 11.8 Å². The summed E-state index contributed by atoms with van der Waals surface area (Å²) in [6.07, 6.45) is 0.780. The molecule has 3 aromatic rings.